The van der Waals surface area contributed by atoms with Gasteiger partial charge in [-0.3, -0.25) is 14.3 Å². The number of aromatic nitrogens is 3. The largest absolute Gasteiger partial charge is 0.328 e. The number of hydrogen-bond acceptors (Lipinski definition) is 4. The molecule has 160 valence electrons. The van der Waals surface area contributed by atoms with E-state index in [9.17, 15) is 14.0 Å². The highest BCUT2D eigenvalue weighted by molar-refractivity contribution is 6.30. The molecule has 2 fully saturated rings. The quantitative estimate of drug-likeness (QED) is 0.598. The minimum Gasteiger partial charge on any atom is -0.302 e. The smallest absolute Gasteiger partial charge is 0.302 e. The lowest BCUT2D eigenvalue weighted by Gasteiger charge is -2.21. The molecule has 6 nitrogen and oxygen atoms in total. The number of fused-ring (bicyclic) bond motifs is 1. The zero-order chi connectivity index (χ0) is 21.6. The van der Waals surface area contributed by atoms with Crippen molar-refractivity contribution in [2.24, 2.45) is 5.92 Å². The molecule has 31 heavy (non-hydrogen) atoms. The zero-order valence-corrected chi connectivity index (χ0v) is 17.6. The summed E-state index contributed by atoms with van der Waals surface area (Å²) in [5, 5.41) is 0.754. The lowest BCUT2D eigenvalue weighted by Crippen LogP contribution is -2.32. The number of benzene rings is 1. The summed E-state index contributed by atoms with van der Waals surface area (Å²) in [4.78, 5) is 32.7. The lowest BCUT2D eigenvalue weighted by molar-refractivity contribution is 0.287. The van der Waals surface area contributed by atoms with E-state index in [4.69, 9.17) is 11.6 Å². The first kappa shape index (κ1) is 20.2. The van der Waals surface area contributed by atoms with Crippen LogP contribution in [-0.2, 0) is 12.0 Å². The Bertz CT molecular complexity index is 1240. The first-order valence-electron chi connectivity index (χ1n) is 10.4. The molecule has 2 aliphatic rings. The van der Waals surface area contributed by atoms with Gasteiger partial charge in [0.2, 0.25) is 5.95 Å². The van der Waals surface area contributed by atoms with Crippen molar-refractivity contribution in [2.45, 2.75) is 24.8 Å². The molecule has 1 saturated heterocycles. The second-order valence-electron chi connectivity index (χ2n) is 8.49. The molecule has 3 aromatic rings. The highest BCUT2D eigenvalue weighted by Crippen LogP contribution is 2.59. The summed E-state index contributed by atoms with van der Waals surface area (Å²) in [6.07, 6.45) is 4.72. The molecule has 2 aromatic heterocycles. The van der Waals surface area contributed by atoms with Gasteiger partial charge >= 0.3 is 5.69 Å². The van der Waals surface area contributed by atoms with Crippen LogP contribution in [0.2, 0.25) is 5.02 Å². The summed E-state index contributed by atoms with van der Waals surface area (Å²) in [5.74, 6) is -0.0633. The third-order valence-corrected chi connectivity index (χ3v) is 6.82. The molecule has 5 rings (SSSR count). The molecule has 1 aliphatic heterocycles. The number of likely N-dealkylation sites (tertiary alicyclic amines) is 1. The Labute approximate surface area is 183 Å². The number of aromatic amines is 1. The lowest BCUT2D eigenvalue weighted by atomic mass is 9.95. The van der Waals surface area contributed by atoms with Crippen LogP contribution in [0.15, 0.2) is 58.4 Å². The van der Waals surface area contributed by atoms with Crippen LogP contribution in [0, 0.1) is 11.9 Å². The fraction of sp³-hybridized carbons (Fsp3) is 0.348. The Morgan fingerprint density at radius 2 is 1.97 bits per heavy atom. The number of rotatable bonds is 6. The molecule has 0 bridgehead atoms. The monoisotopic (exact) mass is 440 g/mol. The molecule has 1 N–H and O–H groups in total. The van der Waals surface area contributed by atoms with Crippen LogP contribution < -0.4 is 11.2 Å². The second-order valence-corrected chi connectivity index (χ2v) is 8.93. The standard InChI is InChI=1S/C23H22ClFN4O2/c24-17-6-4-15(5-7-17)23-11-16(23)12-28(14-23)9-2-10-29-13-19(21(30)27-22(29)31)18-3-1-8-26-20(18)25/h1,3-8,13,16H,2,9-12,14H2,(H,27,30,31)/t16-,23-/m1/s1. The van der Waals surface area contributed by atoms with E-state index >= 15 is 0 Å². The van der Waals surface area contributed by atoms with E-state index in [0.29, 0.717) is 12.5 Å². The highest BCUT2D eigenvalue weighted by Gasteiger charge is 2.60. The number of nitrogens with one attached hydrogen (secondary N) is 1. The van der Waals surface area contributed by atoms with Crippen LogP contribution in [-0.4, -0.2) is 39.1 Å². The van der Waals surface area contributed by atoms with Crippen molar-refractivity contribution in [3.63, 3.8) is 0 Å². The summed E-state index contributed by atoms with van der Waals surface area (Å²) in [5.41, 5.74) is 0.683. The van der Waals surface area contributed by atoms with E-state index in [1.807, 2.05) is 12.1 Å². The number of piperidine rings is 1. The Balaban J connectivity index is 1.25. The van der Waals surface area contributed by atoms with Gasteiger partial charge in [0.25, 0.3) is 5.56 Å². The minimum atomic E-state index is -0.734. The Morgan fingerprint density at radius 1 is 1.16 bits per heavy atom. The maximum absolute atomic E-state index is 14.0. The number of nitrogens with zero attached hydrogens (tertiary/aromatic N) is 3. The van der Waals surface area contributed by atoms with E-state index in [-0.39, 0.29) is 16.5 Å². The SMILES string of the molecule is O=c1[nH]c(=O)n(CCCN2C[C@H]3C[C@]3(c3ccc(Cl)cc3)C2)cc1-c1cccnc1F. The maximum atomic E-state index is 14.0. The van der Waals surface area contributed by atoms with Crippen molar-refractivity contribution in [3.8, 4) is 11.1 Å². The predicted octanol–water partition coefficient (Wildman–Crippen LogP) is 3.05. The van der Waals surface area contributed by atoms with Crippen molar-refractivity contribution >= 4 is 11.6 Å². The van der Waals surface area contributed by atoms with Crippen LogP contribution >= 0.6 is 11.6 Å². The van der Waals surface area contributed by atoms with Crippen molar-refractivity contribution in [1.82, 2.24) is 19.4 Å². The van der Waals surface area contributed by atoms with Gasteiger partial charge in [0.15, 0.2) is 0 Å². The maximum Gasteiger partial charge on any atom is 0.328 e. The van der Waals surface area contributed by atoms with Crippen molar-refractivity contribution in [1.29, 1.82) is 0 Å². The molecule has 1 aromatic carbocycles. The van der Waals surface area contributed by atoms with Crippen molar-refractivity contribution in [2.75, 3.05) is 19.6 Å². The van der Waals surface area contributed by atoms with Gasteiger partial charge in [-0.2, -0.15) is 4.39 Å². The summed E-state index contributed by atoms with van der Waals surface area (Å²) < 4.78 is 15.5. The van der Waals surface area contributed by atoms with Crippen LogP contribution in [0.4, 0.5) is 4.39 Å². The molecule has 3 heterocycles. The van der Waals surface area contributed by atoms with E-state index in [1.165, 1.54) is 35.0 Å². The average Bonchev–Trinajstić information content (AvgIpc) is 3.32. The molecular formula is C23H22ClFN4O2. The molecule has 0 radical (unpaired) electrons. The van der Waals surface area contributed by atoms with E-state index in [1.54, 1.807) is 6.07 Å². The van der Waals surface area contributed by atoms with Gasteiger partial charge in [-0.1, -0.05) is 23.7 Å². The molecular weight excluding hydrogens is 419 g/mol. The number of pyridine rings is 1. The number of halogens is 2. The molecule has 2 atom stereocenters. The summed E-state index contributed by atoms with van der Waals surface area (Å²) in [6.45, 7) is 3.36. The molecule has 0 unspecified atom stereocenters. The predicted molar refractivity (Wildman–Crippen MR) is 117 cm³/mol. The molecule has 0 amide bonds. The number of H-pyrrole nitrogens is 1. The number of hydrogen-bond donors (Lipinski definition) is 1. The fourth-order valence-corrected chi connectivity index (χ4v) is 5.03. The molecule has 8 heteroatoms. The summed E-state index contributed by atoms with van der Waals surface area (Å²) in [6, 6.07) is 11.2. The topological polar surface area (TPSA) is 71.0 Å². The van der Waals surface area contributed by atoms with Gasteiger partial charge in [-0.05, 0) is 55.1 Å². The average molecular weight is 441 g/mol. The van der Waals surface area contributed by atoms with Gasteiger partial charge in [0.1, 0.15) is 0 Å². The van der Waals surface area contributed by atoms with Crippen LogP contribution in [0.3, 0.4) is 0 Å². The first-order chi connectivity index (χ1) is 15.0. The third-order valence-electron chi connectivity index (χ3n) is 6.57. The van der Waals surface area contributed by atoms with Crippen LogP contribution in [0.25, 0.3) is 11.1 Å². The van der Waals surface area contributed by atoms with Gasteiger partial charge in [-0.15, -0.1) is 0 Å². The van der Waals surface area contributed by atoms with Crippen LogP contribution in [0.1, 0.15) is 18.4 Å². The van der Waals surface area contributed by atoms with Gasteiger partial charge < -0.3 is 4.90 Å². The second kappa shape index (κ2) is 7.73. The van der Waals surface area contributed by atoms with Crippen molar-refractivity contribution < 1.29 is 4.39 Å². The highest BCUT2D eigenvalue weighted by atomic mass is 35.5. The molecule has 1 aliphatic carbocycles. The van der Waals surface area contributed by atoms with Gasteiger partial charge in [0, 0.05) is 48.0 Å². The fourth-order valence-electron chi connectivity index (χ4n) is 4.90. The zero-order valence-electron chi connectivity index (χ0n) is 16.9. The Hall–Kier alpha value is -2.77. The van der Waals surface area contributed by atoms with E-state index in [2.05, 4.69) is 27.0 Å². The van der Waals surface area contributed by atoms with Crippen molar-refractivity contribution in [3.05, 3.63) is 86.2 Å². The van der Waals surface area contributed by atoms with Crippen LogP contribution in [0.5, 0.6) is 0 Å². The summed E-state index contributed by atoms with van der Waals surface area (Å²) in [7, 11) is 0. The van der Waals surface area contributed by atoms with Gasteiger partial charge in [0.05, 0.1) is 5.56 Å². The first-order valence-corrected chi connectivity index (χ1v) is 10.8. The Morgan fingerprint density at radius 3 is 2.74 bits per heavy atom. The third kappa shape index (κ3) is 3.72. The Kier molecular flexibility index (Phi) is 5.02. The summed E-state index contributed by atoms with van der Waals surface area (Å²) >= 11 is 6.03. The molecule has 1 saturated carbocycles. The van der Waals surface area contributed by atoms with E-state index in [0.717, 1.165) is 31.1 Å². The van der Waals surface area contributed by atoms with E-state index < -0.39 is 17.2 Å². The molecule has 0 spiro atoms. The number of aryl methyl sites for hydroxylation is 1. The normalized spacial score (nSPS) is 22.5. The van der Waals surface area contributed by atoms with Gasteiger partial charge in [-0.25, -0.2) is 9.78 Å². The minimum absolute atomic E-state index is 0.0852.